The first-order valence-corrected chi connectivity index (χ1v) is 28.3. The number of nitrogens with one attached hydrogen (secondary N) is 1. The molecule has 2 unspecified atom stereocenters. The summed E-state index contributed by atoms with van der Waals surface area (Å²) in [6.07, 6.45) is 81.3. The molecule has 1 amide bonds. The van der Waals surface area contributed by atoms with E-state index in [0.717, 1.165) is 83.5 Å². The minimum Gasteiger partial charge on any atom is -0.394 e. The smallest absolute Gasteiger partial charge is 0.220 e. The van der Waals surface area contributed by atoms with E-state index in [9.17, 15) is 15.0 Å². The molecule has 0 aliphatic rings. The Morgan fingerprint density at radius 2 is 0.677 bits per heavy atom. The maximum Gasteiger partial charge on any atom is 0.220 e. The van der Waals surface area contributed by atoms with Crippen molar-refractivity contribution in [2.45, 2.75) is 289 Å². The lowest BCUT2D eigenvalue weighted by Crippen LogP contribution is -2.45. The molecule has 376 valence electrons. The summed E-state index contributed by atoms with van der Waals surface area (Å²) in [6.45, 7) is 4.26. The lowest BCUT2D eigenvalue weighted by atomic mass is 10.0. The molecule has 3 N–H and O–H groups in total. The Kier molecular flexibility index (Phi) is 53.8. The Balaban J connectivity index is 3.55. The second-order valence-electron chi connectivity index (χ2n) is 19.0. The van der Waals surface area contributed by atoms with Gasteiger partial charge in [0.2, 0.25) is 5.91 Å². The molecular weight excluding hydrogens is 795 g/mol. The highest BCUT2D eigenvalue weighted by atomic mass is 16.3. The third kappa shape index (κ3) is 52.4. The molecule has 0 aliphatic carbocycles. The standard InChI is InChI=1S/C61H109NO3/c1-3-5-7-9-11-13-15-17-19-21-23-25-27-29-30-31-32-33-35-37-39-41-43-45-47-49-51-53-55-57-61(65)62-59(58-63)60(64)56-54-52-50-48-46-44-42-40-38-36-34-28-26-24-22-20-18-16-14-12-10-8-6-4-2/h5,7,11,13,17,19,23,25,29-30,32-33,37,39,59-60,63-64H,3-4,6,8-10,12,14-16,18,20-22,24,26-28,31,34-36,38,40-58H2,1-2H3,(H,62,65)/b7-5-,13-11-,19-17-,25-23-,30-29-,33-32-,39-37-. The molecule has 65 heavy (non-hydrogen) atoms. The summed E-state index contributed by atoms with van der Waals surface area (Å²) in [5.41, 5.74) is 0. The van der Waals surface area contributed by atoms with E-state index in [4.69, 9.17) is 0 Å². The second kappa shape index (κ2) is 55.9. The average Bonchev–Trinajstić information content (AvgIpc) is 3.31. The number of hydrogen-bond donors (Lipinski definition) is 3. The van der Waals surface area contributed by atoms with Crippen LogP contribution < -0.4 is 5.32 Å². The minimum atomic E-state index is -0.671. The van der Waals surface area contributed by atoms with Crippen LogP contribution in [-0.2, 0) is 4.79 Å². The van der Waals surface area contributed by atoms with Gasteiger partial charge in [-0.05, 0) is 70.6 Å². The molecule has 4 heteroatoms. The number of allylic oxidation sites excluding steroid dienone is 14. The number of amides is 1. The van der Waals surface area contributed by atoms with E-state index in [-0.39, 0.29) is 12.5 Å². The van der Waals surface area contributed by atoms with Gasteiger partial charge in [-0.1, -0.05) is 285 Å². The van der Waals surface area contributed by atoms with Crippen LogP contribution in [0.4, 0.5) is 0 Å². The Morgan fingerprint density at radius 1 is 0.385 bits per heavy atom. The molecule has 0 rings (SSSR count). The quantitative estimate of drug-likeness (QED) is 0.0421. The van der Waals surface area contributed by atoms with Crippen LogP contribution in [0.25, 0.3) is 0 Å². The van der Waals surface area contributed by atoms with Crippen molar-refractivity contribution in [1.82, 2.24) is 5.32 Å². The molecule has 0 saturated heterocycles. The third-order valence-electron chi connectivity index (χ3n) is 12.7. The maximum atomic E-state index is 12.5. The average molecular weight is 905 g/mol. The number of hydrogen-bond acceptors (Lipinski definition) is 3. The molecule has 0 aromatic rings. The fourth-order valence-electron chi connectivity index (χ4n) is 8.40. The lowest BCUT2D eigenvalue weighted by molar-refractivity contribution is -0.123. The normalized spacial score (nSPS) is 13.5. The zero-order chi connectivity index (χ0) is 47.0. The summed E-state index contributed by atoms with van der Waals surface area (Å²) in [4.78, 5) is 12.5. The van der Waals surface area contributed by atoms with Gasteiger partial charge in [-0.25, -0.2) is 0 Å². The van der Waals surface area contributed by atoms with Crippen LogP contribution in [0.15, 0.2) is 85.1 Å². The number of carbonyl (C=O) groups excluding carboxylic acids is 1. The molecule has 0 bridgehead atoms. The fourth-order valence-corrected chi connectivity index (χ4v) is 8.40. The van der Waals surface area contributed by atoms with Crippen LogP contribution >= 0.6 is 0 Å². The number of aliphatic hydroxyl groups excluding tert-OH is 2. The van der Waals surface area contributed by atoms with Gasteiger partial charge in [0.1, 0.15) is 0 Å². The summed E-state index contributed by atoms with van der Waals surface area (Å²) in [5, 5.41) is 23.4. The van der Waals surface area contributed by atoms with Gasteiger partial charge in [0.15, 0.2) is 0 Å². The zero-order valence-corrected chi connectivity index (χ0v) is 43.2. The predicted molar refractivity (Wildman–Crippen MR) is 290 cm³/mol. The third-order valence-corrected chi connectivity index (χ3v) is 12.7. The van der Waals surface area contributed by atoms with Crippen molar-refractivity contribution in [3.8, 4) is 0 Å². The molecule has 0 aromatic carbocycles. The van der Waals surface area contributed by atoms with Crippen molar-refractivity contribution < 1.29 is 15.0 Å². The van der Waals surface area contributed by atoms with Gasteiger partial charge in [0.25, 0.3) is 0 Å². The predicted octanol–water partition coefficient (Wildman–Crippen LogP) is 18.8. The zero-order valence-electron chi connectivity index (χ0n) is 43.2. The number of unbranched alkanes of at least 4 members (excludes halogenated alkanes) is 30. The first-order chi connectivity index (χ1) is 32.2. The van der Waals surface area contributed by atoms with Crippen LogP contribution in [0, 0.1) is 0 Å². The van der Waals surface area contributed by atoms with Crippen molar-refractivity contribution in [2.75, 3.05) is 6.61 Å². The Morgan fingerprint density at radius 3 is 1.02 bits per heavy atom. The first kappa shape index (κ1) is 62.6. The highest BCUT2D eigenvalue weighted by molar-refractivity contribution is 5.76. The van der Waals surface area contributed by atoms with Crippen LogP contribution in [0.2, 0.25) is 0 Å². The summed E-state index contributed by atoms with van der Waals surface area (Å²) >= 11 is 0. The number of aliphatic hydroxyl groups is 2. The minimum absolute atomic E-state index is 0.0431. The van der Waals surface area contributed by atoms with E-state index >= 15 is 0 Å². The fraction of sp³-hybridized carbons (Fsp3) is 0.754. The summed E-state index contributed by atoms with van der Waals surface area (Å²) in [5.74, 6) is -0.0431. The largest absolute Gasteiger partial charge is 0.394 e. The van der Waals surface area contributed by atoms with Crippen molar-refractivity contribution in [1.29, 1.82) is 0 Å². The molecule has 4 nitrogen and oxygen atoms in total. The topological polar surface area (TPSA) is 69.6 Å². The highest BCUT2D eigenvalue weighted by Gasteiger charge is 2.20. The van der Waals surface area contributed by atoms with E-state index in [1.807, 2.05) is 0 Å². The Hall–Kier alpha value is -2.43. The van der Waals surface area contributed by atoms with E-state index in [1.165, 1.54) is 167 Å². The summed E-state index contributed by atoms with van der Waals surface area (Å²) < 4.78 is 0. The van der Waals surface area contributed by atoms with Gasteiger partial charge in [0, 0.05) is 6.42 Å². The van der Waals surface area contributed by atoms with E-state index in [0.29, 0.717) is 12.8 Å². The molecule has 0 heterocycles. The molecule has 0 aromatic heterocycles. The number of carbonyl (C=O) groups is 1. The maximum absolute atomic E-state index is 12.5. The monoisotopic (exact) mass is 904 g/mol. The van der Waals surface area contributed by atoms with E-state index in [1.54, 1.807) is 0 Å². The Bertz CT molecular complexity index is 1160. The van der Waals surface area contributed by atoms with Crippen LogP contribution in [0.5, 0.6) is 0 Å². The SMILES string of the molecule is CC/C=C\C/C=C\C/C=C\C/C=C\C/C=C\C/C=C\C/C=C\CCCCCCCCCC(=O)NC(CO)C(O)CCCCCCCCCCCCCCCCCCCCCCCCCC. The molecule has 0 spiro atoms. The van der Waals surface area contributed by atoms with Crippen molar-refractivity contribution in [3.05, 3.63) is 85.1 Å². The Labute approximate surface area is 405 Å². The first-order valence-electron chi connectivity index (χ1n) is 28.3. The van der Waals surface area contributed by atoms with Crippen LogP contribution in [0.3, 0.4) is 0 Å². The van der Waals surface area contributed by atoms with Crippen molar-refractivity contribution in [3.63, 3.8) is 0 Å². The molecule has 0 fully saturated rings. The van der Waals surface area contributed by atoms with Crippen molar-refractivity contribution >= 4 is 5.91 Å². The van der Waals surface area contributed by atoms with Crippen LogP contribution in [-0.4, -0.2) is 34.9 Å². The van der Waals surface area contributed by atoms with Crippen molar-refractivity contribution in [2.24, 2.45) is 0 Å². The van der Waals surface area contributed by atoms with Gasteiger partial charge in [-0.2, -0.15) is 0 Å². The summed E-state index contributed by atoms with van der Waals surface area (Å²) in [7, 11) is 0. The van der Waals surface area contributed by atoms with Gasteiger partial charge >= 0.3 is 0 Å². The van der Waals surface area contributed by atoms with Gasteiger partial charge in [0.05, 0.1) is 18.8 Å². The molecule has 2 atom stereocenters. The van der Waals surface area contributed by atoms with Gasteiger partial charge < -0.3 is 15.5 Å². The highest BCUT2D eigenvalue weighted by Crippen LogP contribution is 2.17. The lowest BCUT2D eigenvalue weighted by Gasteiger charge is -2.22. The second-order valence-corrected chi connectivity index (χ2v) is 19.0. The van der Waals surface area contributed by atoms with Crippen LogP contribution in [0.1, 0.15) is 277 Å². The van der Waals surface area contributed by atoms with Gasteiger partial charge in [-0.15, -0.1) is 0 Å². The molecule has 0 aliphatic heterocycles. The molecule has 0 radical (unpaired) electrons. The van der Waals surface area contributed by atoms with E-state index < -0.39 is 12.1 Å². The van der Waals surface area contributed by atoms with Gasteiger partial charge in [-0.3, -0.25) is 4.79 Å². The molecule has 0 saturated carbocycles. The summed E-state index contributed by atoms with van der Waals surface area (Å²) in [6, 6.07) is -0.549. The van der Waals surface area contributed by atoms with E-state index in [2.05, 4.69) is 104 Å². The molecular formula is C61H109NO3. The number of rotatable bonds is 51.